The van der Waals surface area contributed by atoms with E-state index < -0.39 is 23.0 Å². The van der Waals surface area contributed by atoms with E-state index in [1.165, 1.54) is 12.1 Å². The molecule has 0 aliphatic carbocycles. The molecule has 2 heterocycles. The zero-order valence-electron chi connectivity index (χ0n) is 12.4. The van der Waals surface area contributed by atoms with Crippen LogP contribution in [-0.2, 0) is 10.2 Å². The van der Waals surface area contributed by atoms with Crippen molar-refractivity contribution >= 4 is 11.9 Å². The van der Waals surface area contributed by atoms with Crippen LogP contribution in [0.3, 0.4) is 0 Å². The van der Waals surface area contributed by atoms with E-state index in [2.05, 4.69) is 9.97 Å². The van der Waals surface area contributed by atoms with Gasteiger partial charge in [0.05, 0.1) is 5.41 Å². The third-order valence-electron chi connectivity index (χ3n) is 4.39. The fourth-order valence-corrected chi connectivity index (χ4v) is 3.06. The maximum atomic E-state index is 14.2. The monoisotopic (exact) mass is 318 g/mol. The van der Waals surface area contributed by atoms with Crippen molar-refractivity contribution in [3.63, 3.8) is 0 Å². The van der Waals surface area contributed by atoms with Gasteiger partial charge in [0, 0.05) is 31.0 Å². The first-order valence-electron chi connectivity index (χ1n) is 7.31. The summed E-state index contributed by atoms with van der Waals surface area (Å²) in [6, 6.07) is 5.56. The Morgan fingerprint density at radius 2 is 1.78 bits per heavy atom. The van der Waals surface area contributed by atoms with Crippen LogP contribution in [0.1, 0.15) is 18.4 Å². The number of anilines is 1. The summed E-state index contributed by atoms with van der Waals surface area (Å²) in [4.78, 5) is 22.3. The molecule has 3 rings (SSSR count). The molecule has 0 spiro atoms. The number of halogens is 2. The Morgan fingerprint density at radius 1 is 1.13 bits per heavy atom. The summed E-state index contributed by atoms with van der Waals surface area (Å²) in [6.45, 7) is 0.867. The summed E-state index contributed by atoms with van der Waals surface area (Å²) >= 11 is 0. The summed E-state index contributed by atoms with van der Waals surface area (Å²) in [6.07, 6.45) is 3.82. The second-order valence-electron chi connectivity index (χ2n) is 5.58. The van der Waals surface area contributed by atoms with E-state index in [4.69, 9.17) is 5.73 Å². The number of amides is 1. The molecule has 0 unspecified atom stereocenters. The van der Waals surface area contributed by atoms with Crippen molar-refractivity contribution in [1.29, 1.82) is 0 Å². The van der Waals surface area contributed by atoms with Gasteiger partial charge in [-0.2, -0.15) is 0 Å². The topological polar surface area (TPSA) is 72.1 Å². The third-order valence-corrected chi connectivity index (χ3v) is 4.39. The number of carbonyl (C=O) groups is 1. The largest absolute Gasteiger partial charge is 0.369 e. The summed E-state index contributed by atoms with van der Waals surface area (Å²) in [7, 11) is 0. The lowest BCUT2D eigenvalue weighted by Crippen LogP contribution is -2.51. The summed E-state index contributed by atoms with van der Waals surface area (Å²) in [5.74, 6) is -2.08. The van der Waals surface area contributed by atoms with Crippen molar-refractivity contribution in [2.24, 2.45) is 5.73 Å². The van der Waals surface area contributed by atoms with E-state index in [1.807, 2.05) is 4.90 Å². The van der Waals surface area contributed by atoms with Crippen LogP contribution in [0.5, 0.6) is 0 Å². The van der Waals surface area contributed by atoms with Crippen molar-refractivity contribution < 1.29 is 13.6 Å². The lowest BCUT2D eigenvalue weighted by Gasteiger charge is -2.40. The zero-order valence-corrected chi connectivity index (χ0v) is 12.4. The van der Waals surface area contributed by atoms with Gasteiger partial charge in [-0.3, -0.25) is 4.79 Å². The molecule has 1 aliphatic heterocycles. The van der Waals surface area contributed by atoms with Gasteiger partial charge < -0.3 is 10.6 Å². The average Bonchev–Trinajstić information content (AvgIpc) is 2.58. The Labute approximate surface area is 132 Å². The number of hydrogen-bond acceptors (Lipinski definition) is 4. The minimum Gasteiger partial charge on any atom is -0.369 e. The normalized spacial score (nSPS) is 17.0. The smallest absolute Gasteiger partial charge is 0.228 e. The second-order valence-corrected chi connectivity index (χ2v) is 5.58. The molecule has 23 heavy (non-hydrogen) atoms. The Balaban J connectivity index is 1.91. The highest BCUT2D eigenvalue weighted by Gasteiger charge is 2.44. The van der Waals surface area contributed by atoms with Gasteiger partial charge in [0.15, 0.2) is 11.6 Å². The highest BCUT2D eigenvalue weighted by molar-refractivity contribution is 5.87. The lowest BCUT2D eigenvalue weighted by molar-refractivity contribution is -0.124. The first-order chi connectivity index (χ1) is 11.0. The van der Waals surface area contributed by atoms with Crippen molar-refractivity contribution in [2.75, 3.05) is 18.0 Å². The van der Waals surface area contributed by atoms with Crippen LogP contribution in [0, 0.1) is 11.6 Å². The van der Waals surface area contributed by atoms with Crippen molar-refractivity contribution in [2.45, 2.75) is 18.3 Å². The first kappa shape index (κ1) is 15.3. The van der Waals surface area contributed by atoms with E-state index in [0.29, 0.717) is 19.0 Å². The van der Waals surface area contributed by atoms with Crippen molar-refractivity contribution in [1.82, 2.24) is 9.97 Å². The second kappa shape index (κ2) is 5.91. The molecule has 0 atom stereocenters. The predicted molar refractivity (Wildman–Crippen MR) is 80.7 cm³/mol. The molecule has 5 nitrogen and oxygen atoms in total. The number of benzene rings is 1. The standard InChI is InChI=1S/C16H16F2N4O/c17-12-4-1-3-11(13(12)18)16(14(19)23)5-9-22(10-6-16)15-20-7-2-8-21-15/h1-4,7-8H,5-6,9-10H2,(H2,19,23). The molecular weight excluding hydrogens is 302 g/mol. The van der Waals surface area contributed by atoms with Crippen LogP contribution in [0.15, 0.2) is 36.7 Å². The molecule has 1 aliphatic rings. The van der Waals surface area contributed by atoms with Gasteiger partial charge >= 0.3 is 0 Å². The summed E-state index contributed by atoms with van der Waals surface area (Å²) in [5.41, 5.74) is 4.38. The minimum atomic E-state index is -1.21. The van der Waals surface area contributed by atoms with Crippen LogP contribution in [0.2, 0.25) is 0 Å². The molecule has 1 aromatic heterocycles. The van der Waals surface area contributed by atoms with Crippen LogP contribution in [-0.4, -0.2) is 29.0 Å². The third kappa shape index (κ3) is 2.62. The van der Waals surface area contributed by atoms with Gasteiger partial charge in [-0.25, -0.2) is 18.7 Å². The maximum Gasteiger partial charge on any atom is 0.228 e. The summed E-state index contributed by atoms with van der Waals surface area (Å²) in [5, 5.41) is 0. The van der Waals surface area contributed by atoms with E-state index in [-0.39, 0.29) is 18.4 Å². The number of primary amides is 1. The molecule has 0 radical (unpaired) electrons. The molecule has 1 aromatic carbocycles. The molecule has 0 bridgehead atoms. The highest BCUT2D eigenvalue weighted by atomic mass is 19.2. The number of rotatable bonds is 3. The fourth-order valence-electron chi connectivity index (χ4n) is 3.06. The van der Waals surface area contributed by atoms with Gasteiger partial charge in [-0.1, -0.05) is 12.1 Å². The van der Waals surface area contributed by atoms with Gasteiger partial charge in [-0.15, -0.1) is 0 Å². The van der Waals surface area contributed by atoms with E-state index >= 15 is 0 Å². The van der Waals surface area contributed by atoms with E-state index in [9.17, 15) is 13.6 Å². The Morgan fingerprint density at radius 3 is 2.39 bits per heavy atom. The number of nitrogens with zero attached hydrogens (tertiary/aromatic N) is 3. The molecule has 1 amide bonds. The Bertz CT molecular complexity index is 715. The van der Waals surface area contributed by atoms with Gasteiger partial charge in [0.2, 0.25) is 11.9 Å². The minimum absolute atomic E-state index is 0.0265. The van der Waals surface area contributed by atoms with Crippen LogP contribution < -0.4 is 10.6 Å². The van der Waals surface area contributed by atoms with E-state index in [0.717, 1.165) is 6.07 Å². The van der Waals surface area contributed by atoms with Crippen LogP contribution >= 0.6 is 0 Å². The van der Waals surface area contributed by atoms with E-state index in [1.54, 1.807) is 18.5 Å². The van der Waals surface area contributed by atoms with Crippen molar-refractivity contribution in [3.8, 4) is 0 Å². The zero-order chi connectivity index (χ0) is 16.4. The maximum absolute atomic E-state index is 14.2. The lowest BCUT2D eigenvalue weighted by atomic mass is 9.72. The molecule has 1 fully saturated rings. The van der Waals surface area contributed by atoms with Gasteiger partial charge in [0.25, 0.3) is 0 Å². The van der Waals surface area contributed by atoms with Gasteiger partial charge in [-0.05, 0) is 25.0 Å². The number of nitrogens with two attached hydrogens (primary N) is 1. The van der Waals surface area contributed by atoms with Crippen molar-refractivity contribution in [3.05, 3.63) is 53.9 Å². The van der Waals surface area contributed by atoms with Crippen LogP contribution in [0.25, 0.3) is 0 Å². The average molecular weight is 318 g/mol. The highest BCUT2D eigenvalue weighted by Crippen LogP contribution is 2.38. The molecule has 7 heteroatoms. The molecular formula is C16H16F2N4O. The molecule has 2 N–H and O–H groups in total. The Kier molecular flexibility index (Phi) is 3.94. The van der Waals surface area contributed by atoms with Crippen LogP contribution in [0.4, 0.5) is 14.7 Å². The summed E-state index contributed by atoms with van der Waals surface area (Å²) < 4.78 is 27.7. The molecule has 120 valence electrons. The molecule has 1 saturated heterocycles. The fraction of sp³-hybridized carbons (Fsp3) is 0.312. The first-order valence-corrected chi connectivity index (χ1v) is 7.31. The van der Waals surface area contributed by atoms with Gasteiger partial charge in [0.1, 0.15) is 0 Å². The Hall–Kier alpha value is -2.57. The number of aromatic nitrogens is 2. The quantitative estimate of drug-likeness (QED) is 0.936. The number of hydrogen-bond donors (Lipinski definition) is 1. The number of piperidine rings is 1. The molecule has 2 aromatic rings. The SMILES string of the molecule is NC(=O)C1(c2cccc(F)c2F)CCN(c2ncccn2)CC1. The predicted octanol–water partition coefficient (Wildman–Crippen LogP) is 1.78. The molecule has 0 saturated carbocycles. The number of carbonyl (C=O) groups excluding carboxylic acids is 1.